The Balaban J connectivity index is 1.89. The highest BCUT2D eigenvalue weighted by atomic mass is 19.4. The van der Waals surface area contributed by atoms with Crippen LogP contribution in [0.15, 0.2) is 42.5 Å². The number of hydrogen-bond acceptors (Lipinski definition) is 2. The first-order valence-corrected chi connectivity index (χ1v) is 7.56. The molecule has 0 spiro atoms. The molecular weight excluding hydrogens is 319 g/mol. The molecule has 24 heavy (non-hydrogen) atoms. The van der Waals surface area contributed by atoms with Crippen LogP contribution in [0, 0.1) is 6.92 Å². The molecule has 1 aliphatic rings. The van der Waals surface area contributed by atoms with Crippen LogP contribution < -0.4 is 10.1 Å². The first kappa shape index (κ1) is 16.4. The number of amides is 1. The molecule has 3 nitrogen and oxygen atoms in total. The number of rotatable bonds is 2. The van der Waals surface area contributed by atoms with Crippen LogP contribution in [0.25, 0.3) is 0 Å². The summed E-state index contributed by atoms with van der Waals surface area (Å²) in [5.74, 6) is -0.0801. The van der Waals surface area contributed by atoms with Crippen molar-refractivity contribution in [2.75, 3.05) is 6.61 Å². The van der Waals surface area contributed by atoms with Gasteiger partial charge in [0.05, 0.1) is 23.8 Å². The second-order valence-corrected chi connectivity index (χ2v) is 5.75. The molecule has 6 heteroatoms. The van der Waals surface area contributed by atoms with Crippen LogP contribution >= 0.6 is 0 Å². The summed E-state index contributed by atoms with van der Waals surface area (Å²) in [6.07, 6.45) is -4.06. The monoisotopic (exact) mass is 335 g/mol. The molecule has 126 valence electrons. The quantitative estimate of drug-likeness (QED) is 0.890. The number of ether oxygens (including phenoxy) is 1. The molecule has 0 aliphatic carbocycles. The Hall–Kier alpha value is -2.50. The van der Waals surface area contributed by atoms with E-state index in [0.717, 1.165) is 17.2 Å². The Morgan fingerprint density at radius 3 is 2.71 bits per heavy atom. The van der Waals surface area contributed by atoms with Crippen LogP contribution in [0.2, 0.25) is 0 Å². The van der Waals surface area contributed by atoms with Crippen LogP contribution in [0.5, 0.6) is 5.75 Å². The van der Waals surface area contributed by atoms with Gasteiger partial charge in [0.2, 0.25) is 0 Å². The molecule has 0 bridgehead atoms. The molecule has 2 aromatic carbocycles. The molecule has 1 unspecified atom stereocenters. The Bertz CT molecular complexity index is 771. The number of carbonyl (C=O) groups excluding carboxylic acids is 1. The molecule has 0 aromatic heterocycles. The SMILES string of the molecule is Cc1ccc2c(c1)C(NC(=O)c1ccccc1C(F)(F)F)CCO2. The smallest absolute Gasteiger partial charge is 0.417 e. The second-order valence-electron chi connectivity index (χ2n) is 5.75. The van der Waals surface area contributed by atoms with Gasteiger partial charge in [-0.1, -0.05) is 29.8 Å². The van der Waals surface area contributed by atoms with Crippen LogP contribution in [0.3, 0.4) is 0 Å². The normalized spacial score (nSPS) is 16.9. The predicted octanol–water partition coefficient (Wildman–Crippen LogP) is 4.27. The van der Waals surface area contributed by atoms with Gasteiger partial charge in [-0.2, -0.15) is 13.2 Å². The fourth-order valence-electron chi connectivity index (χ4n) is 2.83. The largest absolute Gasteiger partial charge is 0.493 e. The molecular formula is C18H16F3NO2. The molecule has 2 aromatic rings. The maximum absolute atomic E-state index is 13.1. The van der Waals surface area contributed by atoms with E-state index >= 15 is 0 Å². The van der Waals surface area contributed by atoms with E-state index in [1.807, 2.05) is 25.1 Å². The Kier molecular flexibility index (Phi) is 4.22. The minimum Gasteiger partial charge on any atom is -0.493 e. The number of halogens is 3. The summed E-state index contributed by atoms with van der Waals surface area (Å²) in [5.41, 5.74) is 0.484. The topological polar surface area (TPSA) is 38.3 Å². The standard InChI is InChI=1S/C18H16F3NO2/c1-11-6-7-16-13(10-11)15(8-9-24-16)22-17(23)12-4-2-3-5-14(12)18(19,20)21/h2-7,10,15H,8-9H2,1H3,(H,22,23). The minimum absolute atomic E-state index is 0.370. The zero-order valence-electron chi connectivity index (χ0n) is 13.0. The van der Waals surface area contributed by atoms with Crippen LogP contribution in [0.4, 0.5) is 13.2 Å². The maximum Gasteiger partial charge on any atom is 0.417 e. The maximum atomic E-state index is 13.1. The van der Waals surface area contributed by atoms with Gasteiger partial charge in [-0.3, -0.25) is 4.79 Å². The summed E-state index contributed by atoms with van der Waals surface area (Å²) in [6.45, 7) is 2.31. The van der Waals surface area contributed by atoms with Gasteiger partial charge in [-0.25, -0.2) is 0 Å². The molecule has 1 atom stereocenters. The Labute approximate surface area is 137 Å². The Morgan fingerprint density at radius 2 is 1.96 bits per heavy atom. The van der Waals surface area contributed by atoms with E-state index in [1.54, 1.807) is 0 Å². The predicted molar refractivity (Wildman–Crippen MR) is 82.9 cm³/mol. The van der Waals surface area contributed by atoms with Gasteiger partial charge in [0, 0.05) is 12.0 Å². The van der Waals surface area contributed by atoms with E-state index in [4.69, 9.17) is 4.74 Å². The lowest BCUT2D eigenvalue weighted by molar-refractivity contribution is -0.137. The molecule has 3 rings (SSSR count). The number of benzene rings is 2. The van der Waals surface area contributed by atoms with E-state index < -0.39 is 17.6 Å². The van der Waals surface area contributed by atoms with Crippen molar-refractivity contribution in [1.29, 1.82) is 0 Å². The van der Waals surface area contributed by atoms with E-state index in [2.05, 4.69) is 5.32 Å². The summed E-state index contributed by atoms with van der Waals surface area (Å²) < 4.78 is 44.8. The van der Waals surface area contributed by atoms with Crippen molar-refractivity contribution in [2.24, 2.45) is 0 Å². The van der Waals surface area contributed by atoms with Crippen LogP contribution in [-0.2, 0) is 6.18 Å². The van der Waals surface area contributed by atoms with E-state index in [1.165, 1.54) is 18.2 Å². The molecule has 0 saturated carbocycles. The average molecular weight is 335 g/mol. The van der Waals surface area contributed by atoms with Gasteiger partial charge in [-0.05, 0) is 25.1 Å². The van der Waals surface area contributed by atoms with Crippen molar-refractivity contribution in [3.05, 3.63) is 64.7 Å². The molecule has 0 radical (unpaired) electrons. The number of nitrogens with one attached hydrogen (secondary N) is 1. The molecule has 0 saturated heterocycles. The van der Waals surface area contributed by atoms with Gasteiger partial charge in [0.25, 0.3) is 5.91 Å². The van der Waals surface area contributed by atoms with Crippen molar-refractivity contribution in [3.8, 4) is 5.75 Å². The number of alkyl halides is 3. The number of aryl methyl sites for hydroxylation is 1. The fourth-order valence-corrected chi connectivity index (χ4v) is 2.83. The molecule has 1 N–H and O–H groups in total. The van der Waals surface area contributed by atoms with Gasteiger partial charge in [0.1, 0.15) is 5.75 Å². The summed E-state index contributed by atoms with van der Waals surface area (Å²) in [5, 5.41) is 2.71. The zero-order chi connectivity index (χ0) is 17.3. The third-order valence-corrected chi connectivity index (χ3v) is 3.99. The lowest BCUT2D eigenvalue weighted by atomic mass is 9.97. The zero-order valence-corrected chi connectivity index (χ0v) is 13.0. The van der Waals surface area contributed by atoms with Crippen molar-refractivity contribution >= 4 is 5.91 Å². The van der Waals surface area contributed by atoms with Gasteiger partial charge < -0.3 is 10.1 Å². The average Bonchev–Trinajstić information content (AvgIpc) is 2.54. The van der Waals surface area contributed by atoms with Crippen molar-refractivity contribution < 1.29 is 22.7 Å². The molecule has 1 heterocycles. The van der Waals surface area contributed by atoms with Gasteiger partial charge >= 0.3 is 6.18 Å². The van der Waals surface area contributed by atoms with E-state index in [9.17, 15) is 18.0 Å². The molecule has 1 aliphatic heterocycles. The van der Waals surface area contributed by atoms with Crippen molar-refractivity contribution in [3.63, 3.8) is 0 Å². The third kappa shape index (κ3) is 3.22. The van der Waals surface area contributed by atoms with Crippen molar-refractivity contribution in [2.45, 2.75) is 25.6 Å². The Morgan fingerprint density at radius 1 is 1.21 bits per heavy atom. The summed E-state index contributed by atoms with van der Waals surface area (Å²) in [4.78, 5) is 12.4. The highest BCUT2D eigenvalue weighted by Gasteiger charge is 2.35. The third-order valence-electron chi connectivity index (χ3n) is 3.99. The fraction of sp³-hybridized carbons (Fsp3) is 0.278. The number of carbonyl (C=O) groups is 1. The molecule has 1 amide bonds. The number of hydrogen-bond donors (Lipinski definition) is 1. The van der Waals surface area contributed by atoms with Crippen LogP contribution in [0.1, 0.15) is 39.5 Å². The van der Waals surface area contributed by atoms with Crippen LogP contribution in [-0.4, -0.2) is 12.5 Å². The highest BCUT2D eigenvalue weighted by Crippen LogP contribution is 2.34. The summed E-state index contributed by atoms with van der Waals surface area (Å²) >= 11 is 0. The lowest BCUT2D eigenvalue weighted by Gasteiger charge is -2.27. The van der Waals surface area contributed by atoms with Gasteiger partial charge in [-0.15, -0.1) is 0 Å². The summed E-state index contributed by atoms with van der Waals surface area (Å²) in [7, 11) is 0. The summed E-state index contributed by atoms with van der Waals surface area (Å²) in [6, 6.07) is 10.0. The van der Waals surface area contributed by atoms with E-state index in [0.29, 0.717) is 18.8 Å². The van der Waals surface area contributed by atoms with Gasteiger partial charge in [0.15, 0.2) is 0 Å². The molecule has 0 fully saturated rings. The van der Waals surface area contributed by atoms with E-state index in [-0.39, 0.29) is 11.6 Å². The first-order chi connectivity index (χ1) is 11.4. The number of fused-ring (bicyclic) bond motifs is 1. The lowest BCUT2D eigenvalue weighted by Crippen LogP contribution is -2.33. The highest BCUT2D eigenvalue weighted by molar-refractivity contribution is 5.96. The second kappa shape index (κ2) is 6.19. The minimum atomic E-state index is -4.57. The first-order valence-electron chi connectivity index (χ1n) is 7.56. The van der Waals surface area contributed by atoms with Crippen molar-refractivity contribution in [1.82, 2.24) is 5.32 Å².